The molecule has 0 saturated carbocycles. The Labute approximate surface area is 117 Å². The first kappa shape index (κ1) is 13.7. The number of hydrogen-bond donors (Lipinski definition) is 0. The predicted molar refractivity (Wildman–Crippen MR) is 70.1 cm³/mol. The number of nitrogens with zero attached hydrogens (tertiary/aromatic N) is 1. The Morgan fingerprint density at radius 2 is 2.17 bits per heavy atom. The largest absolute Gasteiger partial charge is 0.342 e. The molecule has 98 valence electrons. The summed E-state index contributed by atoms with van der Waals surface area (Å²) in [6.07, 6.45) is -0.167. The van der Waals surface area contributed by atoms with Crippen molar-refractivity contribution in [3.63, 3.8) is 0 Å². The van der Waals surface area contributed by atoms with Crippen LogP contribution in [-0.2, 0) is 15.3 Å². The number of rotatable bonds is 4. The summed E-state index contributed by atoms with van der Waals surface area (Å²) in [7, 11) is 0. The van der Waals surface area contributed by atoms with Crippen molar-refractivity contribution in [3.8, 4) is 0 Å². The van der Waals surface area contributed by atoms with E-state index in [-0.39, 0.29) is 11.8 Å². The van der Waals surface area contributed by atoms with Crippen molar-refractivity contribution in [2.24, 2.45) is 0 Å². The lowest BCUT2D eigenvalue weighted by atomic mass is 10.1. The lowest BCUT2D eigenvalue weighted by Gasteiger charge is -2.26. The van der Waals surface area contributed by atoms with E-state index in [4.69, 9.17) is 21.1 Å². The van der Waals surface area contributed by atoms with Gasteiger partial charge in [0.1, 0.15) is 0 Å². The molecule has 7 heteroatoms. The first-order valence-electron chi connectivity index (χ1n) is 5.30. The van der Waals surface area contributed by atoms with E-state index in [1.54, 1.807) is 12.1 Å². The third-order valence-electron chi connectivity index (χ3n) is 2.73. The molecule has 0 aromatic heterocycles. The van der Waals surface area contributed by atoms with Crippen molar-refractivity contribution >= 4 is 33.2 Å². The standard InChI is InChI=1S/C11H11BrClNO4/c12-7-11(17-6-10(5-13)18-11)8-1-3-9(4-2-8)14(15)16/h1-4,10H,5-7H2/t10-,11-/m1/s1. The highest BCUT2D eigenvalue weighted by molar-refractivity contribution is 9.09. The molecule has 1 fully saturated rings. The normalized spacial score (nSPS) is 27.3. The number of nitro benzene ring substituents is 1. The van der Waals surface area contributed by atoms with E-state index in [9.17, 15) is 10.1 Å². The van der Waals surface area contributed by atoms with Gasteiger partial charge in [-0.25, -0.2) is 0 Å². The summed E-state index contributed by atoms with van der Waals surface area (Å²) in [6, 6.07) is 6.13. The van der Waals surface area contributed by atoms with Crippen LogP contribution in [0.2, 0.25) is 0 Å². The predicted octanol–water partition coefficient (Wildman–Crippen LogP) is 2.80. The van der Waals surface area contributed by atoms with Crippen LogP contribution in [0.15, 0.2) is 24.3 Å². The zero-order valence-corrected chi connectivity index (χ0v) is 11.7. The van der Waals surface area contributed by atoms with E-state index in [1.807, 2.05) is 0 Å². The highest BCUT2D eigenvalue weighted by Crippen LogP contribution is 2.36. The molecule has 0 aliphatic carbocycles. The molecule has 1 aliphatic heterocycles. The molecule has 1 aliphatic rings. The summed E-state index contributed by atoms with van der Waals surface area (Å²) < 4.78 is 11.4. The Balaban J connectivity index is 2.25. The molecule has 1 aromatic rings. The Bertz CT molecular complexity index is 441. The number of hydrogen-bond acceptors (Lipinski definition) is 4. The molecule has 0 amide bonds. The lowest BCUT2D eigenvalue weighted by Crippen LogP contribution is -2.30. The molecule has 1 saturated heterocycles. The van der Waals surface area contributed by atoms with E-state index >= 15 is 0 Å². The molecule has 18 heavy (non-hydrogen) atoms. The number of alkyl halides is 2. The average molecular weight is 337 g/mol. The van der Waals surface area contributed by atoms with Gasteiger partial charge in [-0.3, -0.25) is 10.1 Å². The van der Waals surface area contributed by atoms with Crippen LogP contribution in [0.3, 0.4) is 0 Å². The van der Waals surface area contributed by atoms with E-state index in [0.717, 1.165) is 5.56 Å². The number of benzene rings is 1. The summed E-state index contributed by atoms with van der Waals surface area (Å²) in [5.41, 5.74) is 0.771. The summed E-state index contributed by atoms with van der Waals surface area (Å²) >= 11 is 9.08. The molecule has 0 unspecified atom stereocenters. The third-order valence-corrected chi connectivity index (χ3v) is 3.81. The van der Waals surface area contributed by atoms with Gasteiger partial charge in [0.15, 0.2) is 0 Å². The second-order valence-electron chi connectivity index (χ2n) is 3.90. The monoisotopic (exact) mass is 335 g/mol. The van der Waals surface area contributed by atoms with Gasteiger partial charge in [0, 0.05) is 17.7 Å². The zero-order valence-electron chi connectivity index (χ0n) is 9.34. The zero-order chi connectivity index (χ0) is 13.2. The molecule has 0 spiro atoms. The quantitative estimate of drug-likeness (QED) is 0.482. The van der Waals surface area contributed by atoms with Crippen molar-refractivity contribution in [2.45, 2.75) is 11.9 Å². The van der Waals surface area contributed by atoms with Crippen LogP contribution < -0.4 is 0 Å². The average Bonchev–Trinajstić information content (AvgIpc) is 2.84. The molecule has 5 nitrogen and oxygen atoms in total. The first-order valence-corrected chi connectivity index (χ1v) is 6.95. The minimum atomic E-state index is -0.908. The number of ether oxygens (including phenoxy) is 2. The van der Waals surface area contributed by atoms with Crippen LogP contribution in [0.4, 0.5) is 5.69 Å². The number of halogens is 2. The molecule has 2 rings (SSSR count). The molecule has 1 heterocycles. The summed E-state index contributed by atoms with van der Waals surface area (Å²) in [5.74, 6) is -0.559. The van der Waals surface area contributed by atoms with E-state index in [0.29, 0.717) is 17.8 Å². The minimum absolute atomic E-state index is 0.0374. The van der Waals surface area contributed by atoms with Gasteiger partial charge in [0.05, 0.1) is 28.8 Å². The summed E-state index contributed by atoms with van der Waals surface area (Å²) in [6.45, 7) is 0.409. The van der Waals surface area contributed by atoms with Gasteiger partial charge in [-0.15, -0.1) is 11.6 Å². The SMILES string of the molecule is O=[N+]([O-])c1ccc([C@]2(CBr)OC[C@@H](CCl)O2)cc1. The van der Waals surface area contributed by atoms with E-state index < -0.39 is 10.7 Å². The number of nitro groups is 1. The number of non-ortho nitro benzene ring substituents is 1. The van der Waals surface area contributed by atoms with Gasteiger partial charge in [0.25, 0.3) is 5.69 Å². The van der Waals surface area contributed by atoms with Crippen LogP contribution in [0.1, 0.15) is 5.56 Å². The summed E-state index contributed by atoms with van der Waals surface area (Å²) in [4.78, 5) is 10.2. The first-order chi connectivity index (χ1) is 8.61. The maximum atomic E-state index is 10.6. The Morgan fingerprint density at radius 1 is 1.50 bits per heavy atom. The highest BCUT2D eigenvalue weighted by Gasteiger charge is 2.42. The van der Waals surface area contributed by atoms with Gasteiger partial charge >= 0.3 is 0 Å². The molecular weight excluding hydrogens is 325 g/mol. The van der Waals surface area contributed by atoms with Crippen molar-refractivity contribution < 1.29 is 14.4 Å². The molecule has 1 aromatic carbocycles. The smallest absolute Gasteiger partial charge is 0.269 e. The highest BCUT2D eigenvalue weighted by atomic mass is 79.9. The van der Waals surface area contributed by atoms with Gasteiger partial charge in [-0.05, 0) is 12.1 Å². The lowest BCUT2D eigenvalue weighted by molar-refractivity contribution is -0.384. The van der Waals surface area contributed by atoms with Crippen molar-refractivity contribution in [3.05, 3.63) is 39.9 Å². The van der Waals surface area contributed by atoms with Crippen LogP contribution in [0.5, 0.6) is 0 Å². The third kappa shape index (κ3) is 2.51. The van der Waals surface area contributed by atoms with E-state index in [1.165, 1.54) is 12.1 Å². The maximum absolute atomic E-state index is 10.6. The minimum Gasteiger partial charge on any atom is -0.342 e. The van der Waals surface area contributed by atoms with Crippen molar-refractivity contribution in [1.29, 1.82) is 0 Å². The molecule has 0 radical (unpaired) electrons. The fourth-order valence-electron chi connectivity index (χ4n) is 1.78. The maximum Gasteiger partial charge on any atom is 0.269 e. The van der Waals surface area contributed by atoms with Gasteiger partial charge in [0.2, 0.25) is 5.79 Å². The molecule has 0 bridgehead atoms. The van der Waals surface area contributed by atoms with Crippen LogP contribution in [-0.4, -0.2) is 28.8 Å². The topological polar surface area (TPSA) is 61.6 Å². The van der Waals surface area contributed by atoms with Crippen LogP contribution in [0.25, 0.3) is 0 Å². The fraction of sp³-hybridized carbons (Fsp3) is 0.455. The van der Waals surface area contributed by atoms with Crippen molar-refractivity contribution in [2.75, 3.05) is 17.8 Å². The molecular formula is C11H11BrClNO4. The molecule has 0 N–H and O–H groups in total. The van der Waals surface area contributed by atoms with Gasteiger partial charge in [-0.1, -0.05) is 15.9 Å². The second-order valence-corrected chi connectivity index (χ2v) is 4.77. The summed E-state index contributed by atoms with van der Waals surface area (Å²) in [5, 5.41) is 11.0. The van der Waals surface area contributed by atoms with E-state index in [2.05, 4.69) is 15.9 Å². The van der Waals surface area contributed by atoms with Gasteiger partial charge < -0.3 is 9.47 Å². The second kappa shape index (κ2) is 5.52. The molecule has 2 atom stereocenters. The Hall–Kier alpha value is -0.690. The Morgan fingerprint density at radius 3 is 2.61 bits per heavy atom. The van der Waals surface area contributed by atoms with Crippen LogP contribution >= 0.6 is 27.5 Å². The van der Waals surface area contributed by atoms with Crippen molar-refractivity contribution in [1.82, 2.24) is 0 Å². The fourth-order valence-corrected chi connectivity index (χ4v) is 2.55. The van der Waals surface area contributed by atoms with Gasteiger partial charge in [-0.2, -0.15) is 0 Å². The van der Waals surface area contributed by atoms with Crippen LogP contribution in [0, 0.1) is 10.1 Å². The Kier molecular flexibility index (Phi) is 4.21.